The van der Waals surface area contributed by atoms with E-state index in [2.05, 4.69) is 27.3 Å². The second-order valence-electron chi connectivity index (χ2n) is 3.89. The minimum Gasteiger partial charge on any atom is -0.494 e. The zero-order valence-electron chi connectivity index (χ0n) is 10.4. The highest BCUT2D eigenvalue weighted by Crippen LogP contribution is 2.32. The lowest BCUT2D eigenvalue weighted by Gasteiger charge is -2.19. The van der Waals surface area contributed by atoms with Crippen LogP contribution in [0, 0.1) is 0 Å². The summed E-state index contributed by atoms with van der Waals surface area (Å²) in [5.41, 5.74) is 2.17. The first kappa shape index (κ1) is 13.2. The summed E-state index contributed by atoms with van der Waals surface area (Å²) in [7, 11) is 1.92. The van der Waals surface area contributed by atoms with E-state index >= 15 is 0 Å². The van der Waals surface area contributed by atoms with E-state index in [1.807, 2.05) is 32.2 Å². The lowest BCUT2D eigenvalue weighted by atomic mass is 10.0. The van der Waals surface area contributed by atoms with Crippen LogP contribution in [-0.2, 0) is 0 Å². The summed E-state index contributed by atoms with van der Waals surface area (Å²) in [6, 6.07) is 8.05. The van der Waals surface area contributed by atoms with Gasteiger partial charge >= 0.3 is 0 Å². The summed E-state index contributed by atoms with van der Waals surface area (Å²) < 4.78 is 11.9. The molecular weight excluding hydrogens is 294 g/mol. The Labute approximate surface area is 115 Å². The van der Waals surface area contributed by atoms with E-state index in [1.54, 1.807) is 12.5 Å². The van der Waals surface area contributed by atoms with Crippen LogP contribution < -0.4 is 10.1 Å². The summed E-state index contributed by atoms with van der Waals surface area (Å²) in [6.45, 7) is 2.63. The van der Waals surface area contributed by atoms with Gasteiger partial charge in [-0.15, -0.1) is 0 Å². The van der Waals surface area contributed by atoms with Crippen molar-refractivity contribution in [2.75, 3.05) is 13.7 Å². The van der Waals surface area contributed by atoms with Crippen LogP contribution in [0.15, 0.2) is 45.7 Å². The van der Waals surface area contributed by atoms with Gasteiger partial charge in [0.1, 0.15) is 5.75 Å². The Morgan fingerprint density at radius 1 is 1.39 bits per heavy atom. The highest BCUT2D eigenvalue weighted by molar-refractivity contribution is 9.10. The number of hydrogen-bond acceptors (Lipinski definition) is 3. The largest absolute Gasteiger partial charge is 0.494 e. The second kappa shape index (κ2) is 6.07. The zero-order chi connectivity index (χ0) is 13.0. The van der Waals surface area contributed by atoms with Gasteiger partial charge in [-0.2, -0.15) is 0 Å². The third-order valence-corrected chi connectivity index (χ3v) is 3.24. The van der Waals surface area contributed by atoms with Crippen LogP contribution in [0.2, 0.25) is 0 Å². The maximum absolute atomic E-state index is 5.68. The van der Waals surface area contributed by atoms with Crippen LogP contribution >= 0.6 is 15.9 Å². The molecule has 0 radical (unpaired) electrons. The highest BCUT2D eigenvalue weighted by atomic mass is 79.9. The normalized spacial score (nSPS) is 12.4. The van der Waals surface area contributed by atoms with Crippen LogP contribution in [0.25, 0.3) is 0 Å². The highest BCUT2D eigenvalue weighted by Gasteiger charge is 2.18. The molecule has 0 amide bonds. The molecule has 0 spiro atoms. The van der Waals surface area contributed by atoms with Gasteiger partial charge in [0.05, 0.1) is 25.2 Å². The SMILES string of the molecule is CCOc1ccc(Br)cc1C(NC)c1ccoc1. The third-order valence-electron chi connectivity index (χ3n) is 2.75. The van der Waals surface area contributed by atoms with E-state index < -0.39 is 0 Å². The average molecular weight is 310 g/mol. The summed E-state index contributed by atoms with van der Waals surface area (Å²) in [6.07, 6.45) is 3.43. The Kier molecular flexibility index (Phi) is 4.44. The molecule has 1 aromatic carbocycles. The fraction of sp³-hybridized carbons (Fsp3) is 0.286. The minimum atomic E-state index is 0.0581. The van der Waals surface area contributed by atoms with Gasteiger partial charge in [-0.05, 0) is 38.2 Å². The predicted molar refractivity (Wildman–Crippen MR) is 74.9 cm³/mol. The maximum Gasteiger partial charge on any atom is 0.124 e. The van der Waals surface area contributed by atoms with Gasteiger partial charge in [0, 0.05) is 15.6 Å². The molecule has 18 heavy (non-hydrogen) atoms. The molecule has 1 atom stereocenters. The van der Waals surface area contributed by atoms with Gasteiger partial charge in [-0.3, -0.25) is 0 Å². The Morgan fingerprint density at radius 2 is 2.22 bits per heavy atom. The molecule has 2 aromatic rings. The molecule has 1 heterocycles. The summed E-state index contributed by atoms with van der Waals surface area (Å²) in [5.74, 6) is 0.890. The predicted octanol–water partition coefficient (Wildman–Crippen LogP) is 3.75. The number of halogens is 1. The molecule has 0 fully saturated rings. The van der Waals surface area contributed by atoms with Crippen molar-refractivity contribution in [1.82, 2.24) is 5.32 Å². The van der Waals surface area contributed by atoms with Gasteiger partial charge in [-0.25, -0.2) is 0 Å². The molecule has 0 saturated heterocycles. The molecule has 0 aliphatic carbocycles. The van der Waals surface area contributed by atoms with Crippen molar-refractivity contribution in [1.29, 1.82) is 0 Å². The average Bonchev–Trinajstić information content (AvgIpc) is 2.87. The van der Waals surface area contributed by atoms with E-state index in [9.17, 15) is 0 Å². The van der Waals surface area contributed by atoms with E-state index in [0.29, 0.717) is 6.61 Å². The van der Waals surface area contributed by atoms with Gasteiger partial charge in [-0.1, -0.05) is 15.9 Å². The van der Waals surface area contributed by atoms with E-state index in [0.717, 1.165) is 21.3 Å². The maximum atomic E-state index is 5.68. The smallest absolute Gasteiger partial charge is 0.124 e. The van der Waals surface area contributed by atoms with Crippen LogP contribution in [0.3, 0.4) is 0 Å². The van der Waals surface area contributed by atoms with Crippen molar-refractivity contribution < 1.29 is 9.15 Å². The topological polar surface area (TPSA) is 34.4 Å². The lowest BCUT2D eigenvalue weighted by Crippen LogP contribution is -2.18. The standard InChI is InChI=1S/C14H16BrNO2/c1-3-18-13-5-4-11(15)8-12(13)14(16-2)10-6-7-17-9-10/h4-9,14,16H,3H2,1-2H3. The first-order valence-electron chi connectivity index (χ1n) is 5.88. The van der Waals surface area contributed by atoms with Gasteiger partial charge in [0.2, 0.25) is 0 Å². The number of benzene rings is 1. The second-order valence-corrected chi connectivity index (χ2v) is 4.81. The van der Waals surface area contributed by atoms with Crippen molar-refractivity contribution in [3.8, 4) is 5.75 Å². The molecule has 3 nitrogen and oxygen atoms in total. The summed E-state index contributed by atoms with van der Waals surface area (Å²) >= 11 is 3.50. The number of hydrogen-bond donors (Lipinski definition) is 1. The molecule has 1 unspecified atom stereocenters. The molecule has 0 aliphatic rings. The van der Waals surface area contributed by atoms with E-state index in [4.69, 9.17) is 9.15 Å². The zero-order valence-corrected chi connectivity index (χ0v) is 12.0. The Hall–Kier alpha value is -1.26. The van der Waals surface area contributed by atoms with E-state index in [1.165, 1.54) is 0 Å². The van der Waals surface area contributed by atoms with Gasteiger partial charge < -0.3 is 14.5 Å². The van der Waals surface area contributed by atoms with Crippen molar-refractivity contribution >= 4 is 15.9 Å². The van der Waals surface area contributed by atoms with Crippen LogP contribution in [0.4, 0.5) is 0 Å². The fourth-order valence-electron chi connectivity index (χ4n) is 1.97. The van der Waals surface area contributed by atoms with Crippen LogP contribution in [0.1, 0.15) is 24.1 Å². The quantitative estimate of drug-likeness (QED) is 0.913. The van der Waals surface area contributed by atoms with Crippen LogP contribution in [0.5, 0.6) is 5.75 Å². The third kappa shape index (κ3) is 2.76. The van der Waals surface area contributed by atoms with Crippen LogP contribution in [-0.4, -0.2) is 13.7 Å². The minimum absolute atomic E-state index is 0.0581. The monoisotopic (exact) mass is 309 g/mol. The van der Waals surface area contributed by atoms with E-state index in [-0.39, 0.29) is 6.04 Å². The molecule has 0 saturated carbocycles. The van der Waals surface area contributed by atoms with Crippen molar-refractivity contribution in [2.45, 2.75) is 13.0 Å². The molecule has 2 rings (SSSR count). The number of nitrogens with one attached hydrogen (secondary N) is 1. The lowest BCUT2D eigenvalue weighted by molar-refractivity contribution is 0.334. The van der Waals surface area contributed by atoms with Gasteiger partial charge in [0.25, 0.3) is 0 Å². The first-order chi connectivity index (χ1) is 8.76. The number of rotatable bonds is 5. The summed E-state index contributed by atoms with van der Waals surface area (Å²) in [4.78, 5) is 0. The molecule has 1 aromatic heterocycles. The Morgan fingerprint density at radius 3 is 2.83 bits per heavy atom. The summed E-state index contributed by atoms with van der Waals surface area (Å²) in [5, 5.41) is 3.29. The number of furan rings is 1. The van der Waals surface area contributed by atoms with Crippen molar-refractivity contribution in [2.24, 2.45) is 0 Å². The first-order valence-corrected chi connectivity index (χ1v) is 6.67. The van der Waals surface area contributed by atoms with Crippen molar-refractivity contribution in [3.05, 3.63) is 52.4 Å². The molecular formula is C14H16BrNO2. The van der Waals surface area contributed by atoms with Crippen molar-refractivity contribution in [3.63, 3.8) is 0 Å². The number of ether oxygens (including phenoxy) is 1. The molecule has 96 valence electrons. The fourth-order valence-corrected chi connectivity index (χ4v) is 2.35. The molecule has 0 bridgehead atoms. The van der Waals surface area contributed by atoms with Gasteiger partial charge in [0.15, 0.2) is 0 Å². The molecule has 1 N–H and O–H groups in total. The molecule has 0 aliphatic heterocycles. The molecule has 4 heteroatoms. The Bertz CT molecular complexity index is 497. The Balaban J connectivity index is 2.43.